The average molecular weight is 282 g/mol. The van der Waals surface area contributed by atoms with Crippen molar-refractivity contribution in [1.82, 2.24) is 10.3 Å². The third-order valence-corrected chi connectivity index (χ3v) is 2.77. The lowest BCUT2D eigenvalue weighted by Gasteiger charge is -2.13. The van der Waals surface area contributed by atoms with Gasteiger partial charge in [0.2, 0.25) is 11.8 Å². The molecule has 2 N–H and O–H groups in total. The van der Waals surface area contributed by atoms with Crippen LogP contribution in [0.3, 0.4) is 0 Å². The molecule has 1 amide bonds. The molecule has 0 aliphatic carbocycles. The highest BCUT2D eigenvalue weighted by Crippen LogP contribution is 2.22. The lowest BCUT2D eigenvalue weighted by Crippen LogP contribution is -2.22. The van der Waals surface area contributed by atoms with Crippen LogP contribution in [-0.4, -0.2) is 22.0 Å². The molecule has 1 aromatic heterocycles. The fourth-order valence-corrected chi connectivity index (χ4v) is 1.56. The van der Waals surface area contributed by atoms with Crippen molar-refractivity contribution in [2.24, 2.45) is 0 Å². The average Bonchev–Trinajstić information content (AvgIpc) is 2.80. The van der Waals surface area contributed by atoms with Gasteiger partial charge in [-0.2, -0.15) is 0 Å². The fraction of sp³-hybridized carbons (Fsp3) is 0.643. The molecule has 0 spiro atoms. The van der Waals surface area contributed by atoms with Crippen LogP contribution in [0.15, 0.2) is 10.6 Å². The maximum absolute atomic E-state index is 11.5. The van der Waals surface area contributed by atoms with Gasteiger partial charge in [0.05, 0.1) is 12.7 Å². The molecule has 1 aromatic rings. The number of carboxylic acid groups (broad SMARTS) is 1. The molecular weight excluding hydrogens is 260 g/mol. The van der Waals surface area contributed by atoms with Crippen molar-refractivity contribution in [2.75, 3.05) is 0 Å². The molecule has 0 aromatic carbocycles. The van der Waals surface area contributed by atoms with Crippen molar-refractivity contribution in [2.45, 2.75) is 58.4 Å². The number of carbonyl (C=O) groups excluding carboxylic acids is 1. The molecule has 20 heavy (non-hydrogen) atoms. The number of hydrogen-bond donors (Lipinski definition) is 2. The van der Waals surface area contributed by atoms with Gasteiger partial charge in [-0.3, -0.25) is 9.59 Å². The molecular formula is C14H22N2O4. The van der Waals surface area contributed by atoms with Crippen molar-refractivity contribution in [3.8, 4) is 0 Å². The van der Waals surface area contributed by atoms with Gasteiger partial charge in [0.25, 0.3) is 0 Å². The maximum Gasteiger partial charge on any atom is 0.303 e. The van der Waals surface area contributed by atoms with Crippen LogP contribution in [-0.2, 0) is 21.5 Å². The van der Waals surface area contributed by atoms with Gasteiger partial charge in [-0.1, -0.05) is 20.8 Å². The summed E-state index contributed by atoms with van der Waals surface area (Å²) >= 11 is 0. The number of carboxylic acids is 1. The van der Waals surface area contributed by atoms with Crippen molar-refractivity contribution < 1.29 is 19.1 Å². The number of hydrogen-bond acceptors (Lipinski definition) is 4. The molecule has 0 bridgehead atoms. The second-order valence-electron chi connectivity index (χ2n) is 5.75. The molecule has 1 heterocycles. The molecule has 0 atom stereocenters. The molecule has 0 saturated carbocycles. The number of nitrogens with zero attached hydrogens (tertiary/aromatic N) is 1. The lowest BCUT2D eigenvalue weighted by molar-refractivity contribution is -0.137. The third-order valence-electron chi connectivity index (χ3n) is 2.77. The monoisotopic (exact) mass is 282 g/mol. The van der Waals surface area contributed by atoms with E-state index < -0.39 is 5.97 Å². The van der Waals surface area contributed by atoms with E-state index in [4.69, 9.17) is 9.52 Å². The number of unbranched alkanes of at least 4 members (excludes halogenated alkanes) is 1. The van der Waals surface area contributed by atoms with E-state index in [1.54, 1.807) is 6.20 Å². The minimum Gasteiger partial charge on any atom is -0.481 e. The Hall–Kier alpha value is -1.85. The van der Waals surface area contributed by atoms with Crippen molar-refractivity contribution in [1.29, 1.82) is 0 Å². The summed E-state index contributed by atoms with van der Waals surface area (Å²) in [6, 6.07) is 0. The summed E-state index contributed by atoms with van der Waals surface area (Å²) in [5, 5.41) is 11.2. The number of rotatable bonds is 7. The van der Waals surface area contributed by atoms with E-state index >= 15 is 0 Å². The molecule has 0 aliphatic heterocycles. The largest absolute Gasteiger partial charge is 0.481 e. The normalized spacial score (nSPS) is 11.3. The predicted octanol–water partition coefficient (Wildman–Crippen LogP) is 2.23. The second kappa shape index (κ2) is 7.07. The van der Waals surface area contributed by atoms with Crippen molar-refractivity contribution in [3.63, 3.8) is 0 Å². The molecule has 0 unspecified atom stereocenters. The van der Waals surface area contributed by atoms with Gasteiger partial charge in [-0.25, -0.2) is 4.98 Å². The van der Waals surface area contributed by atoms with Gasteiger partial charge in [-0.05, 0) is 12.8 Å². The summed E-state index contributed by atoms with van der Waals surface area (Å²) in [5.41, 5.74) is -0.105. The fourth-order valence-electron chi connectivity index (χ4n) is 1.56. The van der Waals surface area contributed by atoms with Crippen LogP contribution in [0.1, 0.15) is 58.1 Å². The minimum atomic E-state index is -0.833. The Kier molecular flexibility index (Phi) is 5.73. The highest BCUT2D eigenvalue weighted by molar-refractivity contribution is 5.75. The zero-order valence-electron chi connectivity index (χ0n) is 12.2. The molecule has 0 radical (unpaired) electrons. The smallest absolute Gasteiger partial charge is 0.303 e. The molecule has 6 nitrogen and oxygen atoms in total. The summed E-state index contributed by atoms with van der Waals surface area (Å²) in [6.07, 6.45) is 3.17. The van der Waals surface area contributed by atoms with Crippen LogP contribution in [0, 0.1) is 0 Å². The zero-order valence-corrected chi connectivity index (χ0v) is 12.2. The summed E-state index contributed by atoms with van der Waals surface area (Å²) in [5.74, 6) is 0.308. The molecule has 0 aliphatic rings. The van der Waals surface area contributed by atoms with E-state index in [1.807, 2.05) is 20.8 Å². The van der Waals surface area contributed by atoms with Gasteiger partial charge in [0.15, 0.2) is 0 Å². The number of aromatic nitrogens is 1. The summed E-state index contributed by atoms with van der Waals surface area (Å²) < 4.78 is 5.55. The topological polar surface area (TPSA) is 92.4 Å². The van der Waals surface area contributed by atoms with E-state index in [9.17, 15) is 9.59 Å². The molecule has 6 heteroatoms. The molecule has 0 fully saturated rings. The number of oxazole rings is 1. The summed E-state index contributed by atoms with van der Waals surface area (Å²) in [7, 11) is 0. The van der Waals surface area contributed by atoms with Crippen molar-refractivity contribution in [3.05, 3.63) is 17.8 Å². The number of nitrogens with one attached hydrogen (secondary N) is 1. The Balaban J connectivity index is 2.27. The van der Waals surface area contributed by atoms with Gasteiger partial charge in [-0.15, -0.1) is 0 Å². The molecule has 0 saturated heterocycles. The Morgan fingerprint density at radius 3 is 2.50 bits per heavy atom. The third kappa shape index (κ3) is 5.86. The number of amides is 1. The highest BCUT2D eigenvalue weighted by Gasteiger charge is 2.19. The van der Waals surface area contributed by atoms with E-state index in [0.29, 0.717) is 25.2 Å². The SMILES string of the molecule is CC(C)(C)c1cnc(CNC(=O)CCCCC(=O)O)o1. The van der Waals surface area contributed by atoms with Gasteiger partial charge in [0.1, 0.15) is 5.76 Å². The van der Waals surface area contributed by atoms with Crippen LogP contribution in [0.25, 0.3) is 0 Å². The maximum atomic E-state index is 11.5. The van der Waals surface area contributed by atoms with Gasteiger partial charge >= 0.3 is 5.97 Å². The van der Waals surface area contributed by atoms with E-state index in [-0.39, 0.29) is 24.3 Å². The molecule has 112 valence electrons. The van der Waals surface area contributed by atoms with Crippen molar-refractivity contribution >= 4 is 11.9 Å². The summed E-state index contributed by atoms with van der Waals surface area (Å²) in [4.78, 5) is 26.0. The minimum absolute atomic E-state index is 0.0992. The Morgan fingerprint density at radius 2 is 1.95 bits per heavy atom. The van der Waals surface area contributed by atoms with Crippen LogP contribution >= 0.6 is 0 Å². The first-order chi connectivity index (χ1) is 9.29. The van der Waals surface area contributed by atoms with Crippen LogP contribution in [0.2, 0.25) is 0 Å². The van der Waals surface area contributed by atoms with E-state index in [2.05, 4.69) is 10.3 Å². The second-order valence-corrected chi connectivity index (χ2v) is 5.75. The first kappa shape index (κ1) is 16.2. The van der Waals surface area contributed by atoms with Gasteiger partial charge in [0, 0.05) is 18.3 Å². The Morgan fingerprint density at radius 1 is 1.30 bits per heavy atom. The predicted molar refractivity (Wildman–Crippen MR) is 73.2 cm³/mol. The zero-order chi connectivity index (χ0) is 15.2. The standard InChI is InChI=1S/C14H22N2O4/c1-14(2,3)10-8-16-12(20-10)9-15-11(17)6-4-5-7-13(18)19/h8H,4-7,9H2,1-3H3,(H,15,17)(H,18,19). The van der Waals surface area contributed by atoms with Crippen LogP contribution in [0.4, 0.5) is 0 Å². The van der Waals surface area contributed by atoms with Crippen LogP contribution < -0.4 is 5.32 Å². The summed E-state index contributed by atoms with van der Waals surface area (Å²) in [6.45, 7) is 6.34. The number of carbonyl (C=O) groups is 2. The van der Waals surface area contributed by atoms with Gasteiger partial charge < -0.3 is 14.8 Å². The molecule has 1 rings (SSSR count). The van der Waals surface area contributed by atoms with E-state index in [1.165, 1.54) is 0 Å². The quantitative estimate of drug-likeness (QED) is 0.748. The first-order valence-corrected chi connectivity index (χ1v) is 6.72. The Labute approximate surface area is 118 Å². The highest BCUT2D eigenvalue weighted by atomic mass is 16.4. The lowest BCUT2D eigenvalue weighted by atomic mass is 9.94. The number of aliphatic carboxylic acids is 1. The van der Waals surface area contributed by atoms with Crippen LogP contribution in [0.5, 0.6) is 0 Å². The Bertz CT molecular complexity index is 460. The first-order valence-electron chi connectivity index (χ1n) is 6.72. The van der Waals surface area contributed by atoms with E-state index in [0.717, 1.165) is 5.76 Å².